The predicted octanol–water partition coefficient (Wildman–Crippen LogP) is 2.31. The molecule has 0 bridgehead atoms. The van der Waals surface area contributed by atoms with Gasteiger partial charge in [-0.1, -0.05) is 6.07 Å². The number of imidazole rings is 1. The van der Waals surface area contributed by atoms with Crippen molar-refractivity contribution in [2.24, 2.45) is 7.05 Å². The fourth-order valence-electron chi connectivity index (χ4n) is 1.61. The number of aryl methyl sites for hydroxylation is 1. The number of benzene rings is 1. The lowest BCUT2D eigenvalue weighted by atomic mass is 10.2. The van der Waals surface area contributed by atoms with E-state index >= 15 is 0 Å². The second-order valence-electron chi connectivity index (χ2n) is 3.31. The first kappa shape index (κ1) is 10.1. The quantitative estimate of drug-likeness (QED) is 0.775. The van der Waals surface area contributed by atoms with E-state index in [0.29, 0.717) is 5.56 Å². The fraction of sp³-hybridized carbons (Fsp3) is 0.273. The zero-order valence-corrected chi connectivity index (χ0v) is 9.51. The van der Waals surface area contributed by atoms with Crippen molar-refractivity contribution in [3.63, 3.8) is 0 Å². The highest BCUT2D eigenvalue weighted by Crippen LogP contribution is 2.20. The molecule has 2 aromatic rings. The van der Waals surface area contributed by atoms with Crippen LogP contribution in [0.3, 0.4) is 0 Å². The summed E-state index contributed by atoms with van der Waals surface area (Å²) < 4.78 is 2.05. The van der Waals surface area contributed by atoms with Gasteiger partial charge < -0.3 is 4.57 Å². The van der Waals surface area contributed by atoms with E-state index in [2.05, 4.69) is 11.1 Å². The Morgan fingerprint density at radius 3 is 3.00 bits per heavy atom. The van der Waals surface area contributed by atoms with E-state index in [-0.39, 0.29) is 0 Å². The number of thioether (sulfide) groups is 1. The average molecular weight is 217 g/mol. The fourth-order valence-corrected chi connectivity index (χ4v) is 2.13. The van der Waals surface area contributed by atoms with Crippen LogP contribution in [-0.2, 0) is 12.8 Å². The summed E-state index contributed by atoms with van der Waals surface area (Å²) in [6.45, 7) is 0. The number of nitrogens with zero attached hydrogens (tertiary/aromatic N) is 3. The molecule has 3 nitrogen and oxygen atoms in total. The van der Waals surface area contributed by atoms with Gasteiger partial charge in [0.15, 0.2) is 0 Å². The van der Waals surface area contributed by atoms with Crippen LogP contribution < -0.4 is 0 Å². The summed E-state index contributed by atoms with van der Waals surface area (Å²) in [5.41, 5.74) is 2.49. The summed E-state index contributed by atoms with van der Waals surface area (Å²) >= 11 is 1.73. The molecule has 1 heterocycles. The number of hydrogen-bond donors (Lipinski definition) is 0. The molecule has 0 unspecified atom stereocenters. The number of para-hydroxylation sites is 1. The highest BCUT2D eigenvalue weighted by Gasteiger charge is 2.09. The first-order chi connectivity index (χ1) is 7.27. The molecule has 0 aliphatic rings. The normalized spacial score (nSPS) is 10.5. The number of aromatic nitrogens is 2. The monoisotopic (exact) mass is 217 g/mol. The molecule has 15 heavy (non-hydrogen) atoms. The molecule has 1 aromatic carbocycles. The van der Waals surface area contributed by atoms with Crippen molar-refractivity contribution in [3.8, 4) is 6.07 Å². The first-order valence-electron chi connectivity index (χ1n) is 4.61. The third-order valence-corrected chi connectivity index (χ3v) is 2.94. The molecule has 2 rings (SSSR count). The molecule has 0 saturated heterocycles. The summed E-state index contributed by atoms with van der Waals surface area (Å²) in [5.74, 6) is 1.89. The molecule has 76 valence electrons. The van der Waals surface area contributed by atoms with Gasteiger partial charge in [-0.15, -0.1) is 0 Å². The van der Waals surface area contributed by atoms with Crippen LogP contribution in [0.5, 0.6) is 0 Å². The van der Waals surface area contributed by atoms with E-state index in [0.717, 1.165) is 22.6 Å². The van der Waals surface area contributed by atoms with Gasteiger partial charge in [-0.3, -0.25) is 0 Å². The molecular formula is C11H11N3S. The van der Waals surface area contributed by atoms with Crippen LogP contribution in [0, 0.1) is 11.3 Å². The maximum absolute atomic E-state index is 8.96. The summed E-state index contributed by atoms with van der Waals surface area (Å²) in [6, 6.07) is 7.86. The van der Waals surface area contributed by atoms with E-state index in [4.69, 9.17) is 5.26 Å². The number of fused-ring (bicyclic) bond motifs is 1. The number of hydrogen-bond acceptors (Lipinski definition) is 3. The van der Waals surface area contributed by atoms with Crippen molar-refractivity contribution in [1.82, 2.24) is 9.55 Å². The average Bonchev–Trinajstić information content (AvgIpc) is 2.57. The van der Waals surface area contributed by atoms with Crippen molar-refractivity contribution in [3.05, 3.63) is 29.6 Å². The minimum atomic E-state index is 0.649. The van der Waals surface area contributed by atoms with Gasteiger partial charge >= 0.3 is 0 Å². The van der Waals surface area contributed by atoms with Crippen LogP contribution in [0.2, 0.25) is 0 Å². The lowest BCUT2D eigenvalue weighted by Crippen LogP contribution is -1.94. The van der Waals surface area contributed by atoms with Crippen molar-refractivity contribution in [2.45, 2.75) is 5.75 Å². The van der Waals surface area contributed by atoms with Crippen LogP contribution in [0.25, 0.3) is 11.0 Å². The topological polar surface area (TPSA) is 41.6 Å². The van der Waals surface area contributed by atoms with Gasteiger partial charge in [0, 0.05) is 7.05 Å². The van der Waals surface area contributed by atoms with Gasteiger partial charge in [-0.2, -0.15) is 17.0 Å². The SMILES string of the molecule is CSCc1nc2c(C#N)cccc2n1C. The molecule has 0 N–H and O–H groups in total. The van der Waals surface area contributed by atoms with Crippen molar-refractivity contribution in [1.29, 1.82) is 5.26 Å². The smallest absolute Gasteiger partial charge is 0.119 e. The Kier molecular flexibility index (Phi) is 2.65. The van der Waals surface area contributed by atoms with Gasteiger partial charge in [-0.25, -0.2) is 4.98 Å². The number of nitriles is 1. The third-order valence-electron chi connectivity index (χ3n) is 2.40. The molecule has 4 heteroatoms. The van der Waals surface area contributed by atoms with E-state index in [1.54, 1.807) is 17.8 Å². The van der Waals surface area contributed by atoms with Gasteiger partial charge in [0.05, 0.1) is 16.8 Å². The maximum atomic E-state index is 8.96. The zero-order valence-electron chi connectivity index (χ0n) is 8.69. The molecule has 0 aliphatic heterocycles. The Hall–Kier alpha value is -1.47. The second kappa shape index (κ2) is 3.95. The van der Waals surface area contributed by atoms with Gasteiger partial charge in [0.1, 0.15) is 17.4 Å². The Morgan fingerprint density at radius 1 is 1.53 bits per heavy atom. The van der Waals surface area contributed by atoms with Crippen LogP contribution in [0.4, 0.5) is 0 Å². The maximum Gasteiger partial charge on any atom is 0.119 e. The first-order valence-corrected chi connectivity index (χ1v) is 6.00. The summed E-state index contributed by atoms with van der Waals surface area (Å²) in [5, 5.41) is 8.96. The molecular weight excluding hydrogens is 206 g/mol. The van der Waals surface area contributed by atoms with Gasteiger partial charge in [-0.05, 0) is 18.4 Å². The molecule has 0 aliphatic carbocycles. The zero-order chi connectivity index (χ0) is 10.8. The summed E-state index contributed by atoms with van der Waals surface area (Å²) in [7, 11) is 1.99. The molecule has 0 radical (unpaired) electrons. The van der Waals surface area contributed by atoms with Crippen molar-refractivity contribution >= 4 is 22.8 Å². The molecule has 0 saturated carbocycles. The molecule has 0 atom stereocenters. The largest absolute Gasteiger partial charge is 0.330 e. The van der Waals surface area contributed by atoms with Crippen LogP contribution in [0.1, 0.15) is 11.4 Å². The summed E-state index contributed by atoms with van der Waals surface area (Å²) in [4.78, 5) is 4.49. The summed E-state index contributed by atoms with van der Waals surface area (Å²) in [6.07, 6.45) is 2.05. The van der Waals surface area contributed by atoms with Crippen LogP contribution >= 0.6 is 11.8 Å². The van der Waals surface area contributed by atoms with Gasteiger partial charge in [0.25, 0.3) is 0 Å². The minimum absolute atomic E-state index is 0.649. The lowest BCUT2D eigenvalue weighted by molar-refractivity contribution is 0.877. The van der Waals surface area contributed by atoms with Crippen molar-refractivity contribution < 1.29 is 0 Å². The van der Waals surface area contributed by atoms with E-state index < -0.39 is 0 Å². The predicted molar refractivity (Wildman–Crippen MR) is 62.6 cm³/mol. The minimum Gasteiger partial charge on any atom is -0.330 e. The molecule has 0 amide bonds. The Labute approximate surface area is 92.7 Å². The van der Waals surface area contributed by atoms with Gasteiger partial charge in [0.2, 0.25) is 0 Å². The second-order valence-corrected chi connectivity index (χ2v) is 4.17. The molecule has 0 spiro atoms. The lowest BCUT2D eigenvalue weighted by Gasteiger charge is -1.98. The molecule has 1 aromatic heterocycles. The Balaban J connectivity index is 2.71. The Morgan fingerprint density at radius 2 is 2.33 bits per heavy atom. The standard InChI is InChI=1S/C11H11N3S/c1-14-9-5-3-4-8(6-12)11(9)13-10(14)7-15-2/h3-5H,7H2,1-2H3. The van der Waals surface area contributed by atoms with Crippen molar-refractivity contribution in [2.75, 3.05) is 6.26 Å². The highest BCUT2D eigenvalue weighted by molar-refractivity contribution is 7.97. The third kappa shape index (κ3) is 1.59. The Bertz CT molecular complexity index is 536. The van der Waals surface area contributed by atoms with E-state index in [1.807, 2.05) is 30.0 Å². The van der Waals surface area contributed by atoms with E-state index in [9.17, 15) is 0 Å². The van der Waals surface area contributed by atoms with Crippen LogP contribution in [-0.4, -0.2) is 15.8 Å². The van der Waals surface area contributed by atoms with E-state index in [1.165, 1.54) is 0 Å². The van der Waals surface area contributed by atoms with Crippen LogP contribution in [0.15, 0.2) is 18.2 Å². The number of rotatable bonds is 2. The highest BCUT2D eigenvalue weighted by atomic mass is 32.2. The molecule has 0 fully saturated rings.